The Morgan fingerprint density at radius 1 is 1.25 bits per heavy atom. The molecule has 1 atom stereocenters. The van der Waals surface area contributed by atoms with Gasteiger partial charge in [-0.3, -0.25) is 10.1 Å². The first-order valence-corrected chi connectivity index (χ1v) is 6.97. The maximum Gasteiger partial charge on any atom is 0.238 e. The zero-order valence-electron chi connectivity index (χ0n) is 11.9. The maximum absolute atomic E-state index is 11.9. The molecule has 1 aliphatic heterocycles. The molecule has 5 nitrogen and oxygen atoms in total. The summed E-state index contributed by atoms with van der Waals surface area (Å²) in [6, 6.07) is 10.0. The molecule has 5 heteroatoms. The number of nitrogens with one attached hydrogen (secondary N) is 1. The average molecular weight is 278 g/mol. The Balaban J connectivity index is 1.80. The van der Waals surface area contributed by atoms with Crippen molar-refractivity contribution >= 4 is 5.91 Å². The standard InChI is InChI=1S/C15H22N2O3/c1-19-10-11-20-9-5-8-17-14(18)12-16-15(17)13-6-3-2-4-7-13/h2-4,6-7,15-16H,5,8-12H2,1H3. The van der Waals surface area contributed by atoms with Gasteiger partial charge < -0.3 is 14.4 Å². The first kappa shape index (κ1) is 15.0. The number of hydrogen-bond acceptors (Lipinski definition) is 4. The van der Waals surface area contributed by atoms with Crippen molar-refractivity contribution in [3.63, 3.8) is 0 Å². The second-order valence-electron chi connectivity index (χ2n) is 4.74. The third-order valence-corrected chi connectivity index (χ3v) is 3.31. The van der Waals surface area contributed by atoms with Crippen LogP contribution in [0.5, 0.6) is 0 Å². The van der Waals surface area contributed by atoms with E-state index in [0.29, 0.717) is 32.9 Å². The normalized spacial score (nSPS) is 18.8. The third kappa shape index (κ3) is 4.03. The lowest BCUT2D eigenvalue weighted by molar-refractivity contribution is -0.128. The fourth-order valence-corrected chi connectivity index (χ4v) is 2.31. The number of nitrogens with zero attached hydrogens (tertiary/aromatic N) is 1. The van der Waals surface area contributed by atoms with Crippen molar-refractivity contribution in [1.82, 2.24) is 10.2 Å². The van der Waals surface area contributed by atoms with Gasteiger partial charge in [0, 0.05) is 20.3 Å². The molecular weight excluding hydrogens is 256 g/mol. The van der Waals surface area contributed by atoms with Crippen LogP contribution in [0.1, 0.15) is 18.2 Å². The molecule has 20 heavy (non-hydrogen) atoms. The van der Waals surface area contributed by atoms with E-state index >= 15 is 0 Å². The lowest BCUT2D eigenvalue weighted by Crippen LogP contribution is -2.31. The van der Waals surface area contributed by atoms with Crippen molar-refractivity contribution in [3.05, 3.63) is 35.9 Å². The van der Waals surface area contributed by atoms with E-state index in [0.717, 1.165) is 12.0 Å². The van der Waals surface area contributed by atoms with Crippen LogP contribution in [0.2, 0.25) is 0 Å². The second kappa shape index (κ2) is 7.99. The SMILES string of the molecule is COCCOCCCN1C(=O)CNC1c1ccccc1. The maximum atomic E-state index is 11.9. The van der Waals surface area contributed by atoms with Crippen LogP contribution in [0.4, 0.5) is 0 Å². The fourth-order valence-electron chi connectivity index (χ4n) is 2.31. The zero-order valence-corrected chi connectivity index (χ0v) is 11.9. The predicted molar refractivity (Wildman–Crippen MR) is 76.2 cm³/mol. The number of carbonyl (C=O) groups excluding carboxylic acids is 1. The molecule has 1 amide bonds. The van der Waals surface area contributed by atoms with Crippen molar-refractivity contribution in [2.45, 2.75) is 12.6 Å². The second-order valence-corrected chi connectivity index (χ2v) is 4.74. The summed E-state index contributed by atoms with van der Waals surface area (Å²) < 4.78 is 10.3. The summed E-state index contributed by atoms with van der Waals surface area (Å²) in [5, 5.41) is 3.25. The molecule has 1 unspecified atom stereocenters. The van der Waals surface area contributed by atoms with Gasteiger partial charge in [-0.2, -0.15) is 0 Å². The number of ether oxygens (including phenoxy) is 2. The predicted octanol–water partition coefficient (Wildman–Crippen LogP) is 1.17. The number of carbonyl (C=O) groups is 1. The van der Waals surface area contributed by atoms with Gasteiger partial charge in [0.1, 0.15) is 6.17 Å². The summed E-state index contributed by atoms with van der Waals surface area (Å²) in [7, 11) is 1.66. The van der Waals surface area contributed by atoms with Gasteiger partial charge >= 0.3 is 0 Å². The van der Waals surface area contributed by atoms with Crippen molar-refractivity contribution in [2.75, 3.05) is 40.0 Å². The molecule has 1 N–H and O–H groups in total. The number of benzene rings is 1. The van der Waals surface area contributed by atoms with Crippen molar-refractivity contribution in [1.29, 1.82) is 0 Å². The first-order chi connectivity index (χ1) is 9.83. The van der Waals surface area contributed by atoms with Gasteiger partial charge in [0.25, 0.3) is 0 Å². The first-order valence-electron chi connectivity index (χ1n) is 6.97. The Labute approximate surface area is 119 Å². The number of rotatable bonds is 8. The van der Waals surface area contributed by atoms with Gasteiger partial charge in [-0.15, -0.1) is 0 Å². The quantitative estimate of drug-likeness (QED) is 0.725. The molecule has 0 bridgehead atoms. The number of amides is 1. The Kier molecular flexibility index (Phi) is 5.98. The molecule has 0 spiro atoms. The lowest BCUT2D eigenvalue weighted by atomic mass is 10.1. The van der Waals surface area contributed by atoms with E-state index in [1.807, 2.05) is 35.2 Å². The number of hydrogen-bond donors (Lipinski definition) is 1. The van der Waals surface area contributed by atoms with Gasteiger partial charge in [-0.05, 0) is 12.0 Å². The van der Waals surface area contributed by atoms with Gasteiger partial charge in [0.15, 0.2) is 0 Å². The van der Waals surface area contributed by atoms with Crippen LogP contribution in [-0.2, 0) is 14.3 Å². The van der Waals surface area contributed by atoms with E-state index in [9.17, 15) is 4.79 Å². The largest absolute Gasteiger partial charge is 0.382 e. The molecule has 1 heterocycles. The van der Waals surface area contributed by atoms with Crippen molar-refractivity contribution in [2.24, 2.45) is 0 Å². The Bertz CT molecular complexity index is 411. The zero-order chi connectivity index (χ0) is 14.2. The highest BCUT2D eigenvalue weighted by Crippen LogP contribution is 2.22. The molecule has 0 radical (unpaired) electrons. The van der Waals surface area contributed by atoms with Crippen molar-refractivity contribution in [3.8, 4) is 0 Å². The van der Waals surface area contributed by atoms with E-state index in [1.54, 1.807) is 7.11 Å². The van der Waals surface area contributed by atoms with Crippen LogP contribution in [0.3, 0.4) is 0 Å². The van der Waals surface area contributed by atoms with Gasteiger partial charge in [-0.25, -0.2) is 0 Å². The minimum Gasteiger partial charge on any atom is -0.382 e. The Morgan fingerprint density at radius 2 is 2.05 bits per heavy atom. The highest BCUT2D eigenvalue weighted by molar-refractivity contribution is 5.80. The molecular formula is C15H22N2O3. The topological polar surface area (TPSA) is 50.8 Å². The molecule has 1 aliphatic rings. The molecule has 1 saturated heterocycles. The monoisotopic (exact) mass is 278 g/mol. The smallest absolute Gasteiger partial charge is 0.238 e. The van der Waals surface area contributed by atoms with Crippen LogP contribution >= 0.6 is 0 Å². The molecule has 0 aromatic heterocycles. The summed E-state index contributed by atoms with van der Waals surface area (Å²) in [6.07, 6.45) is 0.822. The van der Waals surface area contributed by atoms with E-state index < -0.39 is 0 Å². The summed E-state index contributed by atoms with van der Waals surface area (Å²) >= 11 is 0. The van der Waals surface area contributed by atoms with Crippen LogP contribution in [0.15, 0.2) is 30.3 Å². The minimum atomic E-state index is -0.0114. The molecule has 1 fully saturated rings. The summed E-state index contributed by atoms with van der Waals surface area (Å²) in [5.74, 6) is 0.149. The fraction of sp³-hybridized carbons (Fsp3) is 0.533. The minimum absolute atomic E-state index is 0.0114. The van der Waals surface area contributed by atoms with Crippen LogP contribution in [0.25, 0.3) is 0 Å². The summed E-state index contributed by atoms with van der Waals surface area (Å²) in [5.41, 5.74) is 1.12. The van der Waals surface area contributed by atoms with E-state index in [2.05, 4.69) is 5.32 Å². The van der Waals surface area contributed by atoms with Gasteiger partial charge in [-0.1, -0.05) is 30.3 Å². The Hall–Kier alpha value is -1.43. The van der Waals surface area contributed by atoms with E-state index in [1.165, 1.54) is 0 Å². The molecule has 1 aromatic carbocycles. The molecule has 1 aromatic rings. The molecule has 2 rings (SSSR count). The summed E-state index contributed by atoms with van der Waals surface area (Å²) in [4.78, 5) is 13.8. The van der Waals surface area contributed by atoms with Gasteiger partial charge in [0.05, 0.1) is 19.8 Å². The lowest BCUT2D eigenvalue weighted by Gasteiger charge is -2.24. The van der Waals surface area contributed by atoms with E-state index in [4.69, 9.17) is 9.47 Å². The third-order valence-electron chi connectivity index (χ3n) is 3.31. The molecule has 110 valence electrons. The molecule has 0 aliphatic carbocycles. The average Bonchev–Trinajstić information content (AvgIpc) is 2.85. The molecule has 0 saturated carbocycles. The Morgan fingerprint density at radius 3 is 2.80 bits per heavy atom. The number of methoxy groups -OCH3 is 1. The van der Waals surface area contributed by atoms with Gasteiger partial charge in [0.2, 0.25) is 5.91 Å². The van der Waals surface area contributed by atoms with Crippen LogP contribution < -0.4 is 5.32 Å². The highest BCUT2D eigenvalue weighted by atomic mass is 16.5. The van der Waals surface area contributed by atoms with Crippen molar-refractivity contribution < 1.29 is 14.3 Å². The summed E-state index contributed by atoms with van der Waals surface area (Å²) in [6.45, 7) is 2.97. The van der Waals surface area contributed by atoms with Crippen LogP contribution in [0, 0.1) is 0 Å². The van der Waals surface area contributed by atoms with E-state index in [-0.39, 0.29) is 12.1 Å². The van der Waals surface area contributed by atoms with Crippen LogP contribution in [-0.4, -0.2) is 50.8 Å². The highest BCUT2D eigenvalue weighted by Gasteiger charge is 2.30.